The van der Waals surface area contributed by atoms with E-state index in [1.165, 1.54) is 5.57 Å². The highest BCUT2D eigenvalue weighted by molar-refractivity contribution is 4.94. The number of nitrogens with one attached hydrogen (secondary N) is 1. The van der Waals surface area contributed by atoms with Crippen molar-refractivity contribution < 1.29 is 0 Å². The zero-order chi connectivity index (χ0) is 10.2. The van der Waals surface area contributed by atoms with E-state index in [0.717, 1.165) is 26.1 Å². The Hall–Kier alpha value is -1.16. The Morgan fingerprint density at radius 1 is 1.50 bits per heavy atom. The van der Waals surface area contributed by atoms with Gasteiger partial charge in [0.15, 0.2) is 0 Å². The zero-order valence-electron chi connectivity index (χ0n) is 8.90. The Bertz CT molecular complexity index is 260. The highest BCUT2D eigenvalue weighted by atomic mass is 15.4. The summed E-state index contributed by atoms with van der Waals surface area (Å²) in [6.07, 6.45) is 6.86. The van der Waals surface area contributed by atoms with E-state index in [-0.39, 0.29) is 0 Å². The van der Waals surface area contributed by atoms with Crippen molar-refractivity contribution in [2.45, 2.75) is 26.8 Å². The second-order valence-corrected chi connectivity index (χ2v) is 3.51. The van der Waals surface area contributed by atoms with Crippen LogP contribution in [0.5, 0.6) is 0 Å². The quantitative estimate of drug-likeness (QED) is 0.547. The first-order valence-corrected chi connectivity index (χ1v) is 4.97. The van der Waals surface area contributed by atoms with Crippen molar-refractivity contribution in [3.8, 4) is 0 Å². The van der Waals surface area contributed by atoms with Crippen molar-refractivity contribution in [2.24, 2.45) is 0 Å². The van der Waals surface area contributed by atoms with Gasteiger partial charge in [-0.1, -0.05) is 16.9 Å². The molecule has 0 aliphatic heterocycles. The summed E-state index contributed by atoms with van der Waals surface area (Å²) in [5.74, 6) is 0. The molecule has 0 saturated carbocycles. The third-order valence-electron chi connectivity index (χ3n) is 1.87. The van der Waals surface area contributed by atoms with E-state index >= 15 is 0 Å². The molecule has 0 spiro atoms. The first-order chi connectivity index (χ1) is 6.79. The van der Waals surface area contributed by atoms with Crippen LogP contribution in [-0.2, 0) is 6.54 Å². The van der Waals surface area contributed by atoms with E-state index in [4.69, 9.17) is 0 Å². The maximum Gasteiger partial charge on any atom is 0.0692 e. The van der Waals surface area contributed by atoms with E-state index < -0.39 is 0 Å². The standard InChI is InChI=1S/C10H18N4/c1-10(2)4-6-11-5-3-8-14-9-7-12-13-14/h4,7,9,11H,3,5-6,8H2,1-2H3. The SMILES string of the molecule is CC(C)=CCNCCCn1ccnn1. The number of allylic oxidation sites excluding steroid dienone is 1. The molecular weight excluding hydrogens is 176 g/mol. The Kier molecular flexibility index (Phi) is 4.93. The number of hydrogen-bond acceptors (Lipinski definition) is 3. The maximum atomic E-state index is 3.89. The molecule has 1 aromatic rings. The van der Waals surface area contributed by atoms with Crippen LogP contribution < -0.4 is 5.32 Å². The average molecular weight is 194 g/mol. The van der Waals surface area contributed by atoms with Gasteiger partial charge in [0.1, 0.15) is 0 Å². The molecule has 0 aromatic carbocycles. The predicted molar refractivity (Wildman–Crippen MR) is 56.9 cm³/mol. The van der Waals surface area contributed by atoms with Crippen molar-refractivity contribution in [1.82, 2.24) is 20.3 Å². The van der Waals surface area contributed by atoms with E-state index in [9.17, 15) is 0 Å². The summed E-state index contributed by atoms with van der Waals surface area (Å²) in [5.41, 5.74) is 1.36. The van der Waals surface area contributed by atoms with Gasteiger partial charge in [0.2, 0.25) is 0 Å². The molecule has 14 heavy (non-hydrogen) atoms. The van der Waals surface area contributed by atoms with Crippen LogP contribution in [0.3, 0.4) is 0 Å². The fourth-order valence-electron chi connectivity index (χ4n) is 1.10. The molecule has 0 aliphatic rings. The normalized spacial score (nSPS) is 10.1. The van der Waals surface area contributed by atoms with E-state index in [0.29, 0.717) is 0 Å². The summed E-state index contributed by atoms with van der Waals surface area (Å²) in [4.78, 5) is 0. The Labute approximate surface area is 85.0 Å². The summed E-state index contributed by atoms with van der Waals surface area (Å²) >= 11 is 0. The number of aryl methyl sites for hydroxylation is 1. The van der Waals surface area contributed by atoms with Gasteiger partial charge in [-0.3, -0.25) is 4.68 Å². The lowest BCUT2D eigenvalue weighted by Gasteiger charge is -2.01. The molecule has 1 heterocycles. The maximum absolute atomic E-state index is 3.89. The van der Waals surface area contributed by atoms with E-state index in [1.807, 2.05) is 10.9 Å². The molecule has 4 nitrogen and oxygen atoms in total. The molecule has 78 valence electrons. The molecule has 0 bridgehead atoms. The van der Waals surface area contributed by atoms with Crippen LogP contribution in [0, 0.1) is 0 Å². The second kappa shape index (κ2) is 6.32. The molecule has 0 saturated heterocycles. The van der Waals surface area contributed by atoms with Gasteiger partial charge >= 0.3 is 0 Å². The molecule has 4 heteroatoms. The van der Waals surface area contributed by atoms with Crippen molar-refractivity contribution >= 4 is 0 Å². The Morgan fingerprint density at radius 3 is 3.00 bits per heavy atom. The van der Waals surface area contributed by atoms with Gasteiger partial charge in [-0.05, 0) is 26.8 Å². The molecule has 1 aromatic heterocycles. The highest BCUT2D eigenvalue weighted by Gasteiger charge is 1.90. The second-order valence-electron chi connectivity index (χ2n) is 3.51. The van der Waals surface area contributed by atoms with Gasteiger partial charge in [-0.15, -0.1) is 5.10 Å². The third-order valence-corrected chi connectivity index (χ3v) is 1.87. The van der Waals surface area contributed by atoms with Crippen LogP contribution in [0.15, 0.2) is 24.0 Å². The van der Waals surface area contributed by atoms with E-state index in [2.05, 4.69) is 35.6 Å². The lowest BCUT2D eigenvalue weighted by Crippen LogP contribution is -2.17. The van der Waals surface area contributed by atoms with Gasteiger partial charge in [0, 0.05) is 19.3 Å². The van der Waals surface area contributed by atoms with Crippen LogP contribution in [0.2, 0.25) is 0 Å². The van der Waals surface area contributed by atoms with Crippen molar-refractivity contribution in [2.75, 3.05) is 13.1 Å². The minimum atomic E-state index is 0.932. The summed E-state index contributed by atoms with van der Waals surface area (Å²) in [5, 5.41) is 11.0. The average Bonchev–Trinajstić information content (AvgIpc) is 2.63. The molecule has 1 N–H and O–H groups in total. The van der Waals surface area contributed by atoms with Crippen molar-refractivity contribution in [1.29, 1.82) is 0 Å². The van der Waals surface area contributed by atoms with Crippen LogP contribution >= 0.6 is 0 Å². The molecular formula is C10H18N4. The zero-order valence-corrected chi connectivity index (χ0v) is 8.90. The third kappa shape index (κ3) is 4.77. The minimum absolute atomic E-state index is 0.932. The summed E-state index contributed by atoms with van der Waals surface area (Å²) in [6, 6.07) is 0. The molecule has 0 aliphatic carbocycles. The summed E-state index contributed by atoms with van der Waals surface area (Å²) in [6.45, 7) is 7.12. The Morgan fingerprint density at radius 2 is 2.36 bits per heavy atom. The number of nitrogens with zero attached hydrogens (tertiary/aromatic N) is 3. The van der Waals surface area contributed by atoms with Gasteiger partial charge in [-0.25, -0.2) is 0 Å². The van der Waals surface area contributed by atoms with Crippen LogP contribution in [0.1, 0.15) is 20.3 Å². The first kappa shape index (κ1) is 10.9. The topological polar surface area (TPSA) is 42.7 Å². The van der Waals surface area contributed by atoms with Crippen LogP contribution in [0.25, 0.3) is 0 Å². The van der Waals surface area contributed by atoms with Crippen LogP contribution in [-0.4, -0.2) is 28.1 Å². The fourth-order valence-corrected chi connectivity index (χ4v) is 1.10. The van der Waals surface area contributed by atoms with Gasteiger partial charge < -0.3 is 5.32 Å². The van der Waals surface area contributed by atoms with E-state index in [1.54, 1.807) is 6.20 Å². The Balaban J connectivity index is 1.98. The number of aromatic nitrogens is 3. The lowest BCUT2D eigenvalue weighted by molar-refractivity contribution is 0.539. The van der Waals surface area contributed by atoms with Gasteiger partial charge in [0.25, 0.3) is 0 Å². The number of rotatable bonds is 6. The van der Waals surface area contributed by atoms with Crippen molar-refractivity contribution in [3.05, 3.63) is 24.0 Å². The summed E-state index contributed by atoms with van der Waals surface area (Å²) < 4.78 is 1.85. The minimum Gasteiger partial charge on any atom is -0.313 e. The van der Waals surface area contributed by atoms with Gasteiger partial charge in [0.05, 0.1) is 6.20 Å². The first-order valence-electron chi connectivity index (χ1n) is 4.97. The smallest absolute Gasteiger partial charge is 0.0692 e. The molecule has 1 rings (SSSR count). The monoisotopic (exact) mass is 194 g/mol. The lowest BCUT2D eigenvalue weighted by atomic mass is 10.3. The predicted octanol–water partition coefficient (Wildman–Crippen LogP) is 1.22. The number of hydrogen-bond donors (Lipinski definition) is 1. The molecule has 0 unspecified atom stereocenters. The molecule has 0 amide bonds. The molecule has 0 radical (unpaired) electrons. The molecule has 0 atom stereocenters. The largest absolute Gasteiger partial charge is 0.313 e. The van der Waals surface area contributed by atoms with Gasteiger partial charge in [-0.2, -0.15) is 0 Å². The highest BCUT2D eigenvalue weighted by Crippen LogP contribution is 1.87. The molecule has 0 fully saturated rings. The summed E-state index contributed by atoms with van der Waals surface area (Å²) in [7, 11) is 0. The van der Waals surface area contributed by atoms with Crippen LogP contribution in [0.4, 0.5) is 0 Å². The fraction of sp³-hybridized carbons (Fsp3) is 0.600. The van der Waals surface area contributed by atoms with Crippen molar-refractivity contribution in [3.63, 3.8) is 0 Å².